The van der Waals surface area contributed by atoms with Crippen LogP contribution in [0.3, 0.4) is 0 Å². The molecular weight excluding hydrogens is 439 g/mol. The molecule has 162 valence electrons. The Balaban J connectivity index is 1.53. The molecule has 0 atom stereocenters. The van der Waals surface area contributed by atoms with Crippen LogP contribution in [-0.4, -0.2) is 0 Å². The summed E-state index contributed by atoms with van der Waals surface area (Å²) in [6.07, 6.45) is 0. The average Bonchev–Trinajstić information content (AvgIpc) is 3.46. The molecule has 0 aliphatic rings. The number of benzene rings is 5. The maximum Gasteiger partial charge on any atom is 0.171 e. The van der Waals surface area contributed by atoms with E-state index in [1.165, 1.54) is 0 Å². The van der Waals surface area contributed by atoms with Gasteiger partial charge in [-0.25, -0.2) is 0 Å². The molecule has 0 spiro atoms. The Bertz CT molecular complexity index is 1780. The normalized spacial score (nSPS) is 12.2. The summed E-state index contributed by atoms with van der Waals surface area (Å²) < 4.78 is 27.2. The van der Waals surface area contributed by atoms with Crippen LogP contribution in [0.25, 0.3) is 43.9 Å². The first-order valence-electron chi connectivity index (χ1n) is 11.2. The fourth-order valence-electron chi connectivity index (χ4n) is 4.91. The predicted octanol–water partition coefficient (Wildman–Crippen LogP) is 7.12. The van der Waals surface area contributed by atoms with E-state index in [-0.39, 0.29) is 0 Å². The van der Waals surface area contributed by atoms with E-state index in [4.69, 9.17) is 8.83 Å². The molecular formula is C30H19O3P. The van der Waals surface area contributed by atoms with Gasteiger partial charge in [0.05, 0.1) is 0 Å². The molecule has 34 heavy (non-hydrogen) atoms. The molecule has 7 rings (SSSR count). The van der Waals surface area contributed by atoms with Gasteiger partial charge in [0.15, 0.2) is 7.14 Å². The molecule has 2 aromatic heterocycles. The quantitative estimate of drug-likeness (QED) is 0.265. The second kappa shape index (κ2) is 7.21. The molecule has 0 saturated carbocycles. The summed E-state index contributed by atoms with van der Waals surface area (Å²) in [5, 5.41) is 6.35. The third-order valence-corrected chi connectivity index (χ3v) is 9.60. The fraction of sp³-hybridized carbons (Fsp3) is 0. The first-order valence-corrected chi connectivity index (χ1v) is 12.9. The Kier molecular flexibility index (Phi) is 4.12. The van der Waals surface area contributed by atoms with Crippen molar-refractivity contribution < 1.29 is 13.4 Å². The van der Waals surface area contributed by atoms with E-state index >= 15 is 4.57 Å². The SMILES string of the molecule is O=P(c1ccccc1)(c1ccc2oc3ccccc3c2c1)c1ccc2oc3ccccc3c2c1. The summed E-state index contributed by atoms with van der Waals surface area (Å²) in [6.45, 7) is 0. The van der Waals surface area contributed by atoms with Crippen LogP contribution in [0, 0.1) is 0 Å². The fourth-order valence-corrected chi connectivity index (χ4v) is 7.58. The smallest absolute Gasteiger partial charge is 0.171 e. The number of furan rings is 2. The molecule has 0 unspecified atom stereocenters. The Morgan fingerprint density at radius 3 is 1.38 bits per heavy atom. The highest BCUT2D eigenvalue weighted by atomic mass is 31.2. The topological polar surface area (TPSA) is 43.4 Å². The number of fused-ring (bicyclic) bond motifs is 6. The first-order chi connectivity index (χ1) is 16.7. The maximum absolute atomic E-state index is 15.2. The highest BCUT2D eigenvalue weighted by Gasteiger charge is 2.31. The molecule has 3 nitrogen and oxygen atoms in total. The van der Waals surface area contributed by atoms with Gasteiger partial charge in [-0.05, 0) is 48.5 Å². The molecule has 0 aliphatic carbocycles. The van der Waals surface area contributed by atoms with Gasteiger partial charge in [0, 0.05) is 37.5 Å². The van der Waals surface area contributed by atoms with Crippen LogP contribution in [0.4, 0.5) is 0 Å². The van der Waals surface area contributed by atoms with Crippen LogP contribution in [0.2, 0.25) is 0 Å². The summed E-state index contributed by atoms with van der Waals surface area (Å²) >= 11 is 0. The first kappa shape index (κ1) is 19.4. The summed E-state index contributed by atoms with van der Waals surface area (Å²) in [6, 6.07) is 37.5. The lowest BCUT2D eigenvalue weighted by molar-refractivity contribution is 0.592. The van der Waals surface area contributed by atoms with Crippen LogP contribution in [0.5, 0.6) is 0 Å². The molecule has 0 fully saturated rings. The van der Waals surface area contributed by atoms with E-state index in [0.717, 1.165) is 59.8 Å². The van der Waals surface area contributed by atoms with E-state index in [1.54, 1.807) is 0 Å². The third kappa shape index (κ3) is 2.74. The van der Waals surface area contributed by atoms with Gasteiger partial charge in [-0.2, -0.15) is 0 Å². The minimum atomic E-state index is -3.18. The lowest BCUT2D eigenvalue weighted by Crippen LogP contribution is -2.24. The highest BCUT2D eigenvalue weighted by molar-refractivity contribution is 7.85. The van der Waals surface area contributed by atoms with Gasteiger partial charge >= 0.3 is 0 Å². The molecule has 0 radical (unpaired) electrons. The van der Waals surface area contributed by atoms with Gasteiger partial charge in [-0.1, -0.05) is 66.7 Å². The van der Waals surface area contributed by atoms with Crippen LogP contribution < -0.4 is 15.9 Å². The van der Waals surface area contributed by atoms with Crippen molar-refractivity contribution in [2.75, 3.05) is 0 Å². The Morgan fingerprint density at radius 2 is 0.853 bits per heavy atom. The lowest BCUT2D eigenvalue weighted by Gasteiger charge is -2.20. The molecule has 4 heteroatoms. The zero-order valence-electron chi connectivity index (χ0n) is 18.1. The van der Waals surface area contributed by atoms with Crippen LogP contribution in [0.1, 0.15) is 0 Å². The standard InChI is InChI=1S/C30H19O3P/c31-34(20-8-2-1-3-9-20,21-14-16-29-25(18-21)23-10-4-6-12-27(23)32-29)22-15-17-30-26(19-22)24-11-5-7-13-28(24)33-30/h1-19H. The van der Waals surface area contributed by atoms with Gasteiger partial charge in [-0.15, -0.1) is 0 Å². The van der Waals surface area contributed by atoms with Crippen molar-refractivity contribution in [2.45, 2.75) is 0 Å². The van der Waals surface area contributed by atoms with Crippen molar-refractivity contribution in [1.29, 1.82) is 0 Å². The van der Waals surface area contributed by atoms with Crippen molar-refractivity contribution in [2.24, 2.45) is 0 Å². The Hall–Kier alpha value is -4.07. The van der Waals surface area contributed by atoms with Gasteiger partial charge in [-0.3, -0.25) is 0 Å². The minimum Gasteiger partial charge on any atom is -0.456 e. The number of para-hydroxylation sites is 2. The third-order valence-electron chi connectivity index (χ3n) is 6.57. The van der Waals surface area contributed by atoms with Crippen molar-refractivity contribution in [1.82, 2.24) is 0 Å². The zero-order chi connectivity index (χ0) is 22.7. The second-order valence-electron chi connectivity index (χ2n) is 8.50. The molecule has 0 amide bonds. The summed E-state index contributed by atoms with van der Waals surface area (Å²) in [4.78, 5) is 0. The van der Waals surface area contributed by atoms with E-state index in [9.17, 15) is 0 Å². The molecule has 0 saturated heterocycles. The number of hydrogen-bond donors (Lipinski definition) is 0. The molecule has 7 aromatic rings. The second-order valence-corrected chi connectivity index (χ2v) is 11.3. The summed E-state index contributed by atoms with van der Waals surface area (Å²) in [7, 11) is -3.18. The molecule has 2 heterocycles. The van der Waals surface area contributed by atoms with E-state index in [0.29, 0.717) is 0 Å². The van der Waals surface area contributed by atoms with Gasteiger partial charge in [0.2, 0.25) is 0 Å². The van der Waals surface area contributed by atoms with Gasteiger partial charge in [0.25, 0.3) is 0 Å². The van der Waals surface area contributed by atoms with Crippen molar-refractivity contribution in [3.05, 3.63) is 115 Å². The predicted molar refractivity (Wildman–Crippen MR) is 140 cm³/mol. The monoisotopic (exact) mass is 458 g/mol. The van der Waals surface area contributed by atoms with Crippen molar-refractivity contribution >= 4 is 66.9 Å². The highest BCUT2D eigenvalue weighted by Crippen LogP contribution is 2.45. The van der Waals surface area contributed by atoms with Crippen LogP contribution >= 0.6 is 7.14 Å². The van der Waals surface area contributed by atoms with Gasteiger partial charge in [0.1, 0.15) is 22.3 Å². The van der Waals surface area contributed by atoms with Crippen molar-refractivity contribution in [3.8, 4) is 0 Å². The lowest BCUT2D eigenvalue weighted by atomic mass is 10.1. The molecule has 0 N–H and O–H groups in total. The molecule has 0 aliphatic heterocycles. The Labute approximate surface area is 195 Å². The van der Waals surface area contributed by atoms with E-state index < -0.39 is 7.14 Å². The molecule has 5 aromatic carbocycles. The minimum absolute atomic E-state index is 0.782. The average molecular weight is 458 g/mol. The van der Waals surface area contributed by atoms with Crippen molar-refractivity contribution in [3.63, 3.8) is 0 Å². The van der Waals surface area contributed by atoms with E-state index in [2.05, 4.69) is 0 Å². The number of hydrogen-bond acceptors (Lipinski definition) is 3. The maximum atomic E-state index is 15.2. The zero-order valence-corrected chi connectivity index (χ0v) is 19.0. The Morgan fingerprint density at radius 1 is 0.412 bits per heavy atom. The summed E-state index contributed by atoms with van der Waals surface area (Å²) in [5.74, 6) is 0. The van der Waals surface area contributed by atoms with Crippen LogP contribution in [0.15, 0.2) is 124 Å². The summed E-state index contributed by atoms with van der Waals surface area (Å²) in [5.41, 5.74) is 3.24. The van der Waals surface area contributed by atoms with Crippen LogP contribution in [-0.2, 0) is 4.57 Å². The molecule has 0 bridgehead atoms. The largest absolute Gasteiger partial charge is 0.456 e. The number of rotatable bonds is 3. The van der Waals surface area contributed by atoms with Gasteiger partial charge < -0.3 is 13.4 Å². The van der Waals surface area contributed by atoms with E-state index in [1.807, 2.05) is 115 Å².